The van der Waals surface area contributed by atoms with E-state index in [1.807, 2.05) is 54.6 Å². The molecule has 0 aliphatic rings. The lowest BCUT2D eigenvalue weighted by Crippen LogP contribution is -2.00. The average molecular weight is 628 g/mol. The molecule has 0 aliphatic carbocycles. The highest BCUT2D eigenvalue weighted by atomic mass is 16.3. The van der Waals surface area contributed by atoms with Crippen molar-refractivity contribution in [2.45, 2.75) is 0 Å². The van der Waals surface area contributed by atoms with Crippen molar-refractivity contribution in [2.24, 2.45) is 0 Å². The van der Waals surface area contributed by atoms with Gasteiger partial charge in [-0.3, -0.25) is 0 Å². The Bertz CT molecular complexity index is 2520. The monoisotopic (exact) mass is 627 g/mol. The van der Waals surface area contributed by atoms with Crippen LogP contribution in [-0.4, -0.2) is 15.0 Å². The summed E-state index contributed by atoms with van der Waals surface area (Å²) in [4.78, 5) is 14.9. The third kappa shape index (κ3) is 5.56. The summed E-state index contributed by atoms with van der Waals surface area (Å²) < 4.78 is 6.20. The van der Waals surface area contributed by atoms with Crippen LogP contribution in [0.2, 0.25) is 0 Å². The number of benzene rings is 7. The van der Waals surface area contributed by atoms with Crippen LogP contribution in [0.25, 0.3) is 89.5 Å². The van der Waals surface area contributed by atoms with Crippen molar-refractivity contribution in [3.8, 4) is 67.5 Å². The zero-order valence-electron chi connectivity index (χ0n) is 26.5. The topological polar surface area (TPSA) is 51.8 Å². The Balaban J connectivity index is 1.13. The first-order valence-electron chi connectivity index (χ1n) is 16.4. The average Bonchev–Trinajstić information content (AvgIpc) is 3.57. The minimum absolute atomic E-state index is 0.596. The Kier molecular flexibility index (Phi) is 7.10. The minimum atomic E-state index is 0.596. The normalized spacial score (nSPS) is 11.3. The highest BCUT2D eigenvalue weighted by Gasteiger charge is 2.15. The van der Waals surface area contributed by atoms with Crippen LogP contribution in [0.4, 0.5) is 0 Å². The first-order valence-corrected chi connectivity index (χ1v) is 16.4. The zero-order chi connectivity index (χ0) is 32.6. The van der Waals surface area contributed by atoms with Gasteiger partial charge in [0, 0.05) is 27.5 Å². The molecule has 2 heterocycles. The minimum Gasteiger partial charge on any atom is -0.456 e. The molecule has 0 atom stereocenters. The highest BCUT2D eigenvalue weighted by molar-refractivity contribution is 6.05. The molecule has 4 heteroatoms. The molecule has 7 aromatic carbocycles. The van der Waals surface area contributed by atoms with Crippen molar-refractivity contribution < 1.29 is 4.42 Å². The molecule has 0 saturated carbocycles. The zero-order valence-corrected chi connectivity index (χ0v) is 26.5. The molecule has 0 unspecified atom stereocenters. The molecule has 2 aromatic heterocycles. The van der Waals surface area contributed by atoms with E-state index < -0.39 is 0 Å². The summed E-state index contributed by atoms with van der Waals surface area (Å²) in [6.07, 6.45) is 0. The highest BCUT2D eigenvalue weighted by Crippen LogP contribution is 2.35. The molecule has 49 heavy (non-hydrogen) atoms. The molecule has 0 bridgehead atoms. The fourth-order valence-corrected chi connectivity index (χ4v) is 6.42. The maximum atomic E-state index is 6.20. The molecule has 230 valence electrons. The van der Waals surface area contributed by atoms with Crippen LogP contribution in [0.15, 0.2) is 180 Å². The number of hydrogen-bond donors (Lipinski definition) is 0. The van der Waals surface area contributed by atoms with E-state index in [1.54, 1.807) is 0 Å². The molecule has 0 amide bonds. The van der Waals surface area contributed by atoms with Crippen LogP contribution in [-0.2, 0) is 0 Å². The molecule has 0 saturated heterocycles. The van der Waals surface area contributed by atoms with Crippen LogP contribution < -0.4 is 0 Å². The predicted molar refractivity (Wildman–Crippen MR) is 200 cm³/mol. The van der Waals surface area contributed by atoms with Crippen LogP contribution >= 0.6 is 0 Å². The van der Waals surface area contributed by atoms with Crippen molar-refractivity contribution in [1.82, 2.24) is 15.0 Å². The maximum absolute atomic E-state index is 6.20. The van der Waals surface area contributed by atoms with Gasteiger partial charge in [0.25, 0.3) is 0 Å². The van der Waals surface area contributed by atoms with Gasteiger partial charge in [0.2, 0.25) is 0 Å². The summed E-state index contributed by atoms with van der Waals surface area (Å²) in [6, 6.07) is 60.7. The largest absolute Gasteiger partial charge is 0.456 e. The molecule has 0 fully saturated rings. The second kappa shape index (κ2) is 12.2. The Morgan fingerprint density at radius 2 is 0.653 bits per heavy atom. The van der Waals surface area contributed by atoms with Crippen molar-refractivity contribution in [1.29, 1.82) is 0 Å². The Morgan fingerprint density at radius 3 is 1.22 bits per heavy atom. The van der Waals surface area contributed by atoms with Gasteiger partial charge in [0.15, 0.2) is 17.5 Å². The number of hydrogen-bond acceptors (Lipinski definition) is 4. The fourth-order valence-electron chi connectivity index (χ4n) is 6.42. The lowest BCUT2D eigenvalue weighted by molar-refractivity contribution is 0.669. The number of aromatic nitrogens is 3. The van der Waals surface area contributed by atoms with Crippen molar-refractivity contribution in [3.63, 3.8) is 0 Å². The van der Waals surface area contributed by atoms with Crippen LogP contribution in [0.5, 0.6) is 0 Å². The Hall–Kier alpha value is -6.65. The predicted octanol–water partition coefficient (Wildman–Crippen LogP) is 11.8. The van der Waals surface area contributed by atoms with E-state index in [4.69, 9.17) is 19.4 Å². The van der Waals surface area contributed by atoms with Crippen molar-refractivity contribution in [3.05, 3.63) is 176 Å². The lowest BCUT2D eigenvalue weighted by Gasteiger charge is -2.12. The summed E-state index contributed by atoms with van der Waals surface area (Å²) in [7, 11) is 0. The third-order valence-corrected chi connectivity index (χ3v) is 8.93. The second-order valence-corrected chi connectivity index (χ2v) is 12.1. The molecule has 0 N–H and O–H groups in total. The van der Waals surface area contributed by atoms with Gasteiger partial charge >= 0.3 is 0 Å². The standard InChI is InChI=1S/C45H29N3O/c1-4-12-30(13-5-1)36-26-37(31-14-6-2-7-15-31)28-38(27-36)32-20-22-34(23-21-32)44-46-43(33-16-8-3-9-17-33)47-45(48-44)35-24-25-40-39-18-10-11-19-41(39)49-42(40)29-35/h1-29H. The van der Waals surface area contributed by atoms with Gasteiger partial charge in [0.05, 0.1) is 0 Å². The number of nitrogens with zero attached hydrogens (tertiary/aromatic N) is 3. The van der Waals surface area contributed by atoms with Crippen molar-refractivity contribution in [2.75, 3.05) is 0 Å². The van der Waals surface area contributed by atoms with Gasteiger partial charge in [0.1, 0.15) is 11.2 Å². The fraction of sp³-hybridized carbons (Fsp3) is 0. The molecule has 0 aliphatic heterocycles. The van der Waals surface area contributed by atoms with Gasteiger partial charge in [-0.15, -0.1) is 0 Å². The molecule has 9 aromatic rings. The van der Waals surface area contributed by atoms with E-state index in [9.17, 15) is 0 Å². The number of fused-ring (bicyclic) bond motifs is 3. The van der Waals surface area contributed by atoms with E-state index in [0.29, 0.717) is 17.5 Å². The van der Waals surface area contributed by atoms with E-state index in [0.717, 1.165) is 49.8 Å². The number of para-hydroxylation sites is 1. The van der Waals surface area contributed by atoms with E-state index in [1.165, 1.54) is 22.3 Å². The van der Waals surface area contributed by atoms with Crippen LogP contribution in [0.3, 0.4) is 0 Å². The first-order chi connectivity index (χ1) is 24.2. The molecular formula is C45H29N3O. The summed E-state index contributed by atoms with van der Waals surface area (Å²) in [6.45, 7) is 0. The van der Waals surface area contributed by atoms with Gasteiger partial charge in [-0.1, -0.05) is 140 Å². The third-order valence-electron chi connectivity index (χ3n) is 8.93. The van der Waals surface area contributed by atoms with Crippen molar-refractivity contribution >= 4 is 21.9 Å². The first kappa shape index (κ1) is 28.6. The Labute approximate surface area is 284 Å². The number of rotatable bonds is 6. The van der Waals surface area contributed by atoms with Gasteiger partial charge in [-0.2, -0.15) is 0 Å². The van der Waals surface area contributed by atoms with E-state index in [-0.39, 0.29) is 0 Å². The Morgan fingerprint density at radius 1 is 0.265 bits per heavy atom. The van der Waals surface area contributed by atoms with E-state index >= 15 is 0 Å². The molecule has 0 spiro atoms. The van der Waals surface area contributed by atoms with E-state index in [2.05, 4.69) is 121 Å². The summed E-state index contributed by atoms with van der Waals surface area (Å²) in [5.74, 6) is 1.83. The second-order valence-electron chi connectivity index (χ2n) is 12.1. The van der Waals surface area contributed by atoms with Gasteiger partial charge < -0.3 is 4.42 Å². The number of furan rings is 1. The molecule has 9 rings (SSSR count). The summed E-state index contributed by atoms with van der Waals surface area (Å²) >= 11 is 0. The molecule has 4 nitrogen and oxygen atoms in total. The van der Waals surface area contributed by atoms with Crippen LogP contribution in [0, 0.1) is 0 Å². The quantitative estimate of drug-likeness (QED) is 0.184. The van der Waals surface area contributed by atoms with Gasteiger partial charge in [-0.05, 0) is 69.8 Å². The van der Waals surface area contributed by atoms with Gasteiger partial charge in [-0.25, -0.2) is 15.0 Å². The maximum Gasteiger partial charge on any atom is 0.164 e. The molecular weight excluding hydrogens is 599 g/mol. The summed E-state index contributed by atoms with van der Waals surface area (Å²) in [5, 5.41) is 2.16. The SMILES string of the molecule is c1ccc(-c2cc(-c3ccccc3)cc(-c3ccc(-c4nc(-c5ccccc5)nc(-c5ccc6c(c5)oc5ccccc56)n4)cc3)c2)cc1. The smallest absolute Gasteiger partial charge is 0.164 e. The van der Waals surface area contributed by atoms with Crippen LogP contribution in [0.1, 0.15) is 0 Å². The molecule has 0 radical (unpaired) electrons. The lowest BCUT2D eigenvalue weighted by atomic mass is 9.93. The summed E-state index contributed by atoms with van der Waals surface area (Å²) in [5.41, 5.74) is 11.4.